The molecule has 4 rings (SSSR count). The number of pyridine rings is 1. The van der Waals surface area contributed by atoms with Crippen LogP contribution in [0.1, 0.15) is 0 Å². The molecular formula is C17H10FN. The Hall–Kier alpha value is -2.48. The molecule has 0 aliphatic heterocycles. The van der Waals surface area contributed by atoms with Crippen molar-refractivity contribution in [2.75, 3.05) is 0 Å². The van der Waals surface area contributed by atoms with Gasteiger partial charge in [-0.25, -0.2) is 9.37 Å². The third kappa shape index (κ3) is 1.50. The van der Waals surface area contributed by atoms with Gasteiger partial charge in [-0.2, -0.15) is 0 Å². The van der Waals surface area contributed by atoms with Gasteiger partial charge in [-0.1, -0.05) is 42.5 Å². The van der Waals surface area contributed by atoms with E-state index in [4.69, 9.17) is 0 Å². The lowest BCUT2D eigenvalue weighted by atomic mass is 10.0. The number of hydrogen-bond acceptors (Lipinski definition) is 1. The molecule has 3 aromatic carbocycles. The molecule has 2 heteroatoms. The Labute approximate surface area is 109 Å². The van der Waals surface area contributed by atoms with E-state index < -0.39 is 0 Å². The lowest BCUT2D eigenvalue weighted by Crippen LogP contribution is -1.88. The van der Waals surface area contributed by atoms with E-state index in [1.807, 2.05) is 54.6 Å². The first-order chi connectivity index (χ1) is 9.33. The Balaban J connectivity index is 2.30. The number of aromatic nitrogens is 1. The molecule has 0 atom stereocenters. The predicted octanol–water partition coefficient (Wildman–Crippen LogP) is 4.68. The minimum atomic E-state index is -0.216. The summed E-state index contributed by atoms with van der Waals surface area (Å²) in [6, 6.07) is 19.0. The molecule has 0 aliphatic rings. The van der Waals surface area contributed by atoms with Gasteiger partial charge in [-0.3, -0.25) is 0 Å². The van der Waals surface area contributed by atoms with Crippen LogP contribution in [0.2, 0.25) is 0 Å². The Bertz CT molecular complexity index is 928. The summed E-state index contributed by atoms with van der Waals surface area (Å²) in [4.78, 5) is 4.63. The molecule has 19 heavy (non-hydrogen) atoms. The Morgan fingerprint density at radius 3 is 2.37 bits per heavy atom. The molecule has 0 saturated heterocycles. The zero-order chi connectivity index (χ0) is 12.8. The lowest BCUT2D eigenvalue weighted by molar-refractivity contribution is 0.641. The largest absolute Gasteiger partial charge is 0.247 e. The molecular weight excluding hydrogens is 237 g/mol. The fraction of sp³-hybridized carbons (Fsp3) is 0. The number of fused-ring (bicyclic) bond motifs is 4. The van der Waals surface area contributed by atoms with Gasteiger partial charge in [0.05, 0.1) is 11.0 Å². The molecule has 0 aliphatic carbocycles. The summed E-state index contributed by atoms with van der Waals surface area (Å²) in [5.74, 6) is -0.216. The lowest BCUT2D eigenvalue weighted by Gasteiger charge is -2.06. The summed E-state index contributed by atoms with van der Waals surface area (Å²) in [6.07, 6.45) is 0. The first-order valence-electron chi connectivity index (χ1n) is 6.20. The molecule has 0 N–H and O–H groups in total. The average Bonchev–Trinajstić information content (AvgIpc) is 2.46. The van der Waals surface area contributed by atoms with Crippen molar-refractivity contribution in [3.05, 3.63) is 66.5 Å². The van der Waals surface area contributed by atoms with Crippen molar-refractivity contribution in [2.45, 2.75) is 0 Å². The van der Waals surface area contributed by atoms with Gasteiger partial charge in [0.25, 0.3) is 0 Å². The Morgan fingerprint density at radius 2 is 1.47 bits per heavy atom. The van der Waals surface area contributed by atoms with Crippen molar-refractivity contribution in [3.63, 3.8) is 0 Å². The highest BCUT2D eigenvalue weighted by molar-refractivity contribution is 6.08. The number of para-hydroxylation sites is 1. The molecule has 1 aromatic heterocycles. The van der Waals surface area contributed by atoms with Crippen molar-refractivity contribution < 1.29 is 4.39 Å². The van der Waals surface area contributed by atoms with Crippen LogP contribution in [0.3, 0.4) is 0 Å². The van der Waals surface area contributed by atoms with Gasteiger partial charge >= 0.3 is 0 Å². The van der Waals surface area contributed by atoms with Crippen molar-refractivity contribution in [3.8, 4) is 0 Å². The van der Waals surface area contributed by atoms with E-state index in [1.165, 1.54) is 0 Å². The van der Waals surface area contributed by atoms with Gasteiger partial charge in [0, 0.05) is 16.2 Å². The highest BCUT2D eigenvalue weighted by Gasteiger charge is 2.08. The van der Waals surface area contributed by atoms with Gasteiger partial charge in [0.2, 0.25) is 0 Å². The number of hydrogen-bond donors (Lipinski definition) is 0. The van der Waals surface area contributed by atoms with E-state index in [2.05, 4.69) is 4.98 Å². The van der Waals surface area contributed by atoms with Gasteiger partial charge in [-0.05, 0) is 23.6 Å². The molecule has 90 valence electrons. The van der Waals surface area contributed by atoms with E-state index in [-0.39, 0.29) is 5.82 Å². The number of rotatable bonds is 0. The van der Waals surface area contributed by atoms with Crippen LogP contribution in [-0.4, -0.2) is 4.98 Å². The second-order valence-corrected chi connectivity index (χ2v) is 4.66. The standard InChI is InChI=1S/C17H10FN/c18-15-10-11-5-1-3-7-13(11)17-14(15)9-12-6-2-4-8-16(12)19-17/h1-10H. The summed E-state index contributed by atoms with van der Waals surface area (Å²) in [5, 5.41) is 3.42. The average molecular weight is 247 g/mol. The molecule has 0 radical (unpaired) electrons. The fourth-order valence-electron chi connectivity index (χ4n) is 2.56. The van der Waals surface area contributed by atoms with Crippen molar-refractivity contribution in [1.29, 1.82) is 0 Å². The molecule has 0 amide bonds. The number of benzene rings is 3. The second kappa shape index (κ2) is 3.75. The van der Waals surface area contributed by atoms with E-state index >= 15 is 0 Å². The van der Waals surface area contributed by atoms with Gasteiger partial charge in [0.15, 0.2) is 0 Å². The van der Waals surface area contributed by atoms with Crippen LogP contribution in [0.4, 0.5) is 4.39 Å². The topological polar surface area (TPSA) is 12.9 Å². The maximum Gasteiger partial charge on any atom is 0.133 e. The van der Waals surface area contributed by atoms with E-state index in [9.17, 15) is 4.39 Å². The van der Waals surface area contributed by atoms with Crippen LogP contribution >= 0.6 is 0 Å². The fourth-order valence-corrected chi connectivity index (χ4v) is 2.56. The van der Waals surface area contributed by atoms with Crippen molar-refractivity contribution >= 4 is 32.6 Å². The van der Waals surface area contributed by atoms with Crippen LogP contribution in [0, 0.1) is 5.82 Å². The molecule has 0 spiro atoms. The minimum absolute atomic E-state index is 0.216. The number of nitrogens with zero attached hydrogens (tertiary/aromatic N) is 1. The zero-order valence-electron chi connectivity index (χ0n) is 10.1. The molecule has 0 fully saturated rings. The molecule has 0 bridgehead atoms. The third-order valence-electron chi connectivity index (χ3n) is 3.48. The van der Waals surface area contributed by atoms with E-state index in [0.29, 0.717) is 5.39 Å². The smallest absolute Gasteiger partial charge is 0.133 e. The predicted molar refractivity (Wildman–Crippen MR) is 76.7 cm³/mol. The summed E-state index contributed by atoms with van der Waals surface area (Å²) < 4.78 is 14.2. The van der Waals surface area contributed by atoms with Crippen LogP contribution in [-0.2, 0) is 0 Å². The van der Waals surface area contributed by atoms with E-state index in [1.54, 1.807) is 6.07 Å². The summed E-state index contributed by atoms with van der Waals surface area (Å²) in [5.41, 5.74) is 1.63. The Kier molecular flexibility index (Phi) is 2.06. The van der Waals surface area contributed by atoms with Crippen molar-refractivity contribution in [2.24, 2.45) is 0 Å². The summed E-state index contributed by atoms with van der Waals surface area (Å²) in [7, 11) is 0. The first-order valence-corrected chi connectivity index (χ1v) is 6.20. The van der Waals surface area contributed by atoms with Gasteiger partial charge in [0.1, 0.15) is 5.82 Å². The van der Waals surface area contributed by atoms with Crippen LogP contribution in [0.5, 0.6) is 0 Å². The SMILES string of the molecule is Fc1cc2ccccc2c2nc3ccccc3cc12. The third-order valence-corrected chi connectivity index (χ3v) is 3.48. The summed E-state index contributed by atoms with van der Waals surface area (Å²) in [6.45, 7) is 0. The van der Waals surface area contributed by atoms with Crippen molar-refractivity contribution in [1.82, 2.24) is 4.98 Å². The maximum atomic E-state index is 14.2. The highest BCUT2D eigenvalue weighted by atomic mass is 19.1. The molecule has 0 saturated carbocycles. The monoisotopic (exact) mass is 247 g/mol. The maximum absolute atomic E-state index is 14.2. The second-order valence-electron chi connectivity index (χ2n) is 4.66. The quantitative estimate of drug-likeness (QED) is 0.325. The zero-order valence-corrected chi connectivity index (χ0v) is 10.1. The molecule has 0 unspecified atom stereocenters. The van der Waals surface area contributed by atoms with Crippen LogP contribution < -0.4 is 0 Å². The van der Waals surface area contributed by atoms with Gasteiger partial charge < -0.3 is 0 Å². The van der Waals surface area contributed by atoms with Crippen LogP contribution in [0.15, 0.2) is 60.7 Å². The summed E-state index contributed by atoms with van der Waals surface area (Å²) >= 11 is 0. The highest BCUT2D eigenvalue weighted by Crippen LogP contribution is 2.29. The van der Waals surface area contributed by atoms with Gasteiger partial charge in [-0.15, -0.1) is 0 Å². The first kappa shape index (κ1) is 10.4. The molecule has 1 heterocycles. The minimum Gasteiger partial charge on any atom is -0.247 e. The molecule has 1 nitrogen and oxygen atoms in total. The van der Waals surface area contributed by atoms with E-state index in [0.717, 1.165) is 27.2 Å². The molecule has 4 aromatic rings. The number of halogens is 1. The van der Waals surface area contributed by atoms with Crippen LogP contribution in [0.25, 0.3) is 32.6 Å². The normalized spacial score (nSPS) is 11.4. The Morgan fingerprint density at radius 1 is 0.737 bits per heavy atom.